The maximum Gasteiger partial charge on any atom is 0.410 e. The van der Waals surface area contributed by atoms with Gasteiger partial charge in [-0.25, -0.2) is 14.8 Å². The van der Waals surface area contributed by atoms with E-state index >= 15 is 0 Å². The van der Waals surface area contributed by atoms with E-state index in [0.717, 1.165) is 50.9 Å². The van der Waals surface area contributed by atoms with E-state index in [4.69, 9.17) is 14.7 Å². The number of hydrogen-bond acceptors (Lipinski definition) is 5. The number of aryl methyl sites for hydroxylation is 2. The number of amides is 1. The Kier molecular flexibility index (Phi) is 5.29. The normalized spacial score (nSPS) is 13.8. The maximum absolute atomic E-state index is 12.7. The van der Waals surface area contributed by atoms with Crippen LogP contribution < -0.4 is 0 Å². The Balaban J connectivity index is 1.44. The standard InChI is InChI=1S/C29H30N6O2/c1-18-7-6-8-23-24(18)30-17-35(23)27-31-25(22-12-13-33(5)26(22)32-27)20-10-9-19-11-14-34(16-21(19)15-20)28(36)37-29(2,3)4/h6-10,12-13,15,17H,11,14,16H2,1-5H3. The number of nitrogens with zero attached hydrogens (tertiary/aromatic N) is 6. The second-order valence-electron chi connectivity index (χ2n) is 10.7. The molecule has 6 rings (SSSR count). The molecule has 0 aliphatic carbocycles. The molecule has 1 aliphatic heterocycles. The molecule has 8 heteroatoms. The van der Waals surface area contributed by atoms with E-state index < -0.39 is 5.60 Å². The van der Waals surface area contributed by atoms with Crippen LogP contribution in [0.2, 0.25) is 0 Å². The van der Waals surface area contributed by atoms with Crippen LogP contribution in [0.3, 0.4) is 0 Å². The van der Waals surface area contributed by atoms with E-state index in [0.29, 0.717) is 19.0 Å². The first-order chi connectivity index (χ1) is 17.7. The van der Waals surface area contributed by atoms with Crippen molar-refractivity contribution in [2.24, 2.45) is 7.05 Å². The van der Waals surface area contributed by atoms with Gasteiger partial charge in [0.15, 0.2) is 0 Å². The van der Waals surface area contributed by atoms with Crippen molar-refractivity contribution in [3.8, 4) is 17.2 Å². The number of ether oxygens (including phenoxy) is 1. The molecule has 0 N–H and O–H groups in total. The Bertz CT molecular complexity index is 1670. The smallest absolute Gasteiger partial charge is 0.410 e. The summed E-state index contributed by atoms with van der Waals surface area (Å²) in [5.41, 5.74) is 7.56. The third-order valence-corrected chi connectivity index (χ3v) is 6.85. The van der Waals surface area contributed by atoms with Crippen LogP contribution in [0.5, 0.6) is 0 Å². The van der Waals surface area contributed by atoms with Gasteiger partial charge in [-0.3, -0.25) is 4.57 Å². The van der Waals surface area contributed by atoms with Crippen LogP contribution in [0.4, 0.5) is 4.79 Å². The van der Waals surface area contributed by atoms with E-state index in [1.807, 2.05) is 55.3 Å². The Hall–Kier alpha value is -4.20. The first kappa shape index (κ1) is 23.2. The summed E-state index contributed by atoms with van der Waals surface area (Å²) < 4.78 is 9.58. The van der Waals surface area contributed by atoms with Crippen LogP contribution in [-0.4, -0.2) is 47.2 Å². The van der Waals surface area contributed by atoms with Gasteiger partial charge in [-0.15, -0.1) is 0 Å². The number of carbonyl (C=O) groups is 1. The summed E-state index contributed by atoms with van der Waals surface area (Å²) in [6.45, 7) is 8.89. The Morgan fingerprint density at radius 1 is 1.05 bits per heavy atom. The molecule has 0 fully saturated rings. The topological polar surface area (TPSA) is 78.1 Å². The fourth-order valence-corrected chi connectivity index (χ4v) is 4.98. The van der Waals surface area contributed by atoms with Gasteiger partial charge < -0.3 is 14.2 Å². The second-order valence-corrected chi connectivity index (χ2v) is 10.7. The Morgan fingerprint density at radius 2 is 1.89 bits per heavy atom. The number of carbonyl (C=O) groups excluding carboxylic acids is 1. The molecule has 0 saturated carbocycles. The Labute approximate surface area is 215 Å². The van der Waals surface area contributed by atoms with Crippen molar-refractivity contribution in [1.29, 1.82) is 0 Å². The monoisotopic (exact) mass is 494 g/mol. The molecule has 1 amide bonds. The molecule has 5 aromatic rings. The van der Waals surface area contributed by atoms with Crippen molar-refractivity contribution in [1.82, 2.24) is 29.0 Å². The number of aromatic nitrogens is 5. The summed E-state index contributed by atoms with van der Waals surface area (Å²) in [6, 6.07) is 14.6. The SMILES string of the molecule is Cc1cccc2c1ncn2-c1nc(-c2ccc3c(c2)CN(C(=O)OC(C)(C)C)CC3)c2ccn(C)c2n1. The number of rotatable bonds is 2. The molecule has 37 heavy (non-hydrogen) atoms. The fourth-order valence-electron chi connectivity index (χ4n) is 4.98. The molecular formula is C29H30N6O2. The predicted molar refractivity (Wildman–Crippen MR) is 144 cm³/mol. The summed E-state index contributed by atoms with van der Waals surface area (Å²) in [5, 5.41) is 0.978. The van der Waals surface area contributed by atoms with E-state index in [2.05, 4.69) is 42.2 Å². The summed E-state index contributed by atoms with van der Waals surface area (Å²) in [5.74, 6) is 0.575. The summed E-state index contributed by atoms with van der Waals surface area (Å²) >= 11 is 0. The first-order valence-electron chi connectivity index (χ1n) is 12.5. The zero-order valence-corrected chi connectivity index (χ0v) is 21.8. The number of para-hydroxylation sites is 1. The molecule has 0 saturated heterocycles. The minimum absolute atomic E-state index is 0.277. The van der Waals surface area contributed by atoms with Gasteiger partial charge in [0.25, 0.3) is 0 Å². The number of hydrogen-bond donors (Lipinski definition) is 0. The number of fused-ring (bicyclic) bond motifs is 3. The van der Waals surface area contributed by atoms with Crippen LogP contribution in [0.25, 0.3) is 39.3 Å². The minimum atomic E-state index is -0.522. The van der Waals surface area contributed by atoms with Gasteiger partial charge in [0.05, 0.1) is 16.7 Å². The third-order valence-electron chi connectivity index (χ3n) is 6.85. The zero-order chi connectivity index (χ0) is 25.9. The van der Waals surface area contributed by atoms with E-state index in [9.17, 15) is 4.79 Å². The zero-order valence-electron chi connectivity index (χ0n) is 21.8. The molecular weight excluding hydrogens is 464 g/mol. The van der Waals surface area contributed by atoms with Crippen molar-refractivity contribution in [2.45, 2.75) is 46.3 Å². The van der Waals surface area contributed by atoms with Crippen molar-refractivity contribution in [3.63, 3.8) is 0 Å². The second kappa shape index (κ2) is 8.44. The van der Waals surface area contributed by atoms with Crippen LogP contribution in [0.15, 0.2) is 55.0 Å². The van der Waals surface area contributed by atoms with Gasteiger partial charge in [-0.2, -0.15) is 4.98 Å². The lowest BCUT2D eigenvalue weighted by molar-refractivity contribution is 0.0224. The quantitative estimate of drug-likeness (QED) is 0.320. The van der Waals surface area contributed by atoms with Gasteiger partial charge in [0.2, 0.25) is 5.95 Å². The summed E-state index contributed by atoms with van der Waals surface area (Å²) in [7, 11) is 1.99. The lowest BCUT2D eigenvalue weighted by Crippen LogP contribution is -2.39. The molecule has 0 bridgehead atoms. The minimum Gasteiger partial charge on any atom is -0.444 e. The van der Waals surface area contributed by atoms with Crippen LogP contribution in [0.1, 0.15) is 37.5 Å². The third kappa shape index (κ3) is 4.12. The summed E-state index contributed by atoms with van der Waals surface area (Å²) in [6.07, 6.45) is 4.31. The van der Waals surface area contributed by atoms with Crippen molar-refractivity contribution in [2.75, 3.05) is 6.54 Å². The van der Waals surface area contributed by atoms with E-state index in [1.54, 1.807) is 11.2 Å². The highest BCUT2D eigenvalue weighted by Gasteiger charge is 2.26. The largest absolute Gasteiger partial charge is 0.444 e. The lowest BCUT2D eigenvalue weighted by atomic mass is 9.96. The van der Waals surface area contributed by atoms with Crippen LogP contribution in [0, 0.1) is 6.92 Å². The molecule has 188 valence electrons. The highest BCUT2D eigenvalue weighted by molar-refractivity contribution is 5.92. The number of benzene rings is 2. The molecule has 8 nitrogen and oxygen atoms in total. The number of imidazole rings is 1. The molecule has 4 heterocycles. The van der Waals surface area contributed by atoms with Crippen LogP contribution in [-0.2, 0) is 24.8 Å². The molecule has 0 spiro atoms. The van der Waals surface area contributed by atoms with Crippen molar-refractivity contribution >= 4 is 28.2 Å². The Morgan fingerprint density at radius 3 is 2.70 bits per heavy atom. The first-order valence-corrected chi connectivity index (χ1v) is 12.5. The average molecular weight is 495 g/mol. The van der Waals surface area contributed by atoms with Gasteiger partial charge in [0, 0.05) is 37.3 Å². The molecule has 0 atom stereocenters. The van der Waals surface area contributed by atoms with Gasteiger partial charge in [-0.1, -0.05) is 24.3 Å². The van der Waals surface area contributed by atoms with Crippen molar-refractivity contribution in [3.05, 3.63) is 71.7 Å². The van der Waals surface area contributed by atoms with Gasteiger partial charge >= 0.3 is 6.09 Å². The molecule has 3 aromatic heterocycles. The summed E-state index contributed by atoms with van der Waals surface area (Å²) in [4.78, 5) is 29.1. The molecule has 1 aliphatic rings. The molecule has 0 unspecified atom stereocenters. The van der Waals surface area contributed by atoms with E-state index in [-0.39, 0.29) is 6.09 Å². The van der Waals surface area contributed by atoms with Crippen LogP contribution >= 0.6 is 0 Å². The van der Waals surface area contributed by atoms with E-state index in [1.165, 1.54) is 5.56 Å². The maximum atomic E-state index is 12.7. The van der Waals surface area contributed by atoms with Crippen molar-refractivity contribution < 1.29 is 9.53 Å². The highest BCUT2D eigenvalue weighted by Crippen LogP contribution is 2.32. The lowest BCUT2D eigenvalue weighted by Gasteiger charge is -2.31. The van der Waals surface area contributed by atoms with Gasteiger partial charge in [-0.05, 0) is 69.0 Å². The van der Waals surface area contributed by atoms with Gasteiger partial charge in [0.1, 0.15) is 17.6 Å². The average Bonchev–Trinajstić information content (AvgIpc) is 3.46. The molecule has 2 aromatic carbocycles. The fraction of sp³-hybridized carbons (Fsp3) is 0.310. The molecule has 0 radical (unpaired) electrons. The highest BCUT2D eigenvalue weighted by atomic mass is 16.6. The predicted octanol–water partition coefficient (Wildman–Crippen LogP) is 5.58.